The molecule has 0 spiro atoms. The van der Waals surface area contributed by atoms with Gasteiger partial charge < -0.3 is 15.6 Å². The monoisotopic (exact) mass is 355 g/mol. The zero-order chi connectivity index (χ0) is 17.4. The summed E-state index contributed by atoms with van der Waals surface area (Å²) >= 11 is 1.54. The van der Waals surface area contributed by atoms with E-state index in [4.69, 9.17) is 0 Å². The van der Waals surface area contributed by atoms with Crippen LogP contribution in [0.5, 0.6) is 0 Å². The zero-order valence-electron chi connectivity index (χ0n) is 14.0. The number of carbonyl (C=O) groups is 2. The van der Waals surface area contributed by atoms with Crippen molar-refractivity contribution in [2.45, 2.75) is 54.2 Å². The van der Waals surface area contributed by atoms with Crippen LogP contribution in [0.25, 0.3) is 0 Å². The molecule has 1 aromatic heterocycles. The van der Waals surface area contributed by atoms with Crippen LogP contribution in [0.4, 0.5) is 0 Å². The van der Waals surface area contributed by atoms with Crippen LogP contribution in [0.15, 0.2) is 46.3 Å². The molecule has 1 amide bonds. The van der Waals surface area contributed by atoms with Crippen molar-refractivity contribution in [1.82, 2.24) is 15.6 Å². The first kappa shape index (κ1) is 16.4. The maximum atomic E-state index is 12.4. The Morgan fingerprint density at radius 2 is 1.92 bits per heavy atom. The van der Waals surface area contributed by atoms with Crippen LogP contribution in [-0.4, -0.2) is 34.8 Å². The molecule has 4 rings (SSSR count). The van der Waals surface area contributed by atoms with E-state index in [-0.39, 0.29) is 17.7 Å². The average Bonchev–Trinajstić information content (AvgIpc) is 3.32. The number of hydrogen-bond donors (Lipinski definition) is 3. The molecule has 2 aliphatic heterocycles. The number of fused-ring (bicyclic) bond motifs is 2. The zero-order valence-corrected chi connectivity index (χ0v) is 14.9. The molecule has 3 atom stereocenters. The quantitative estimate of drug-likeness (QED) is 0.721. The molecule has 0 aliphatic carbocycles. The van der Waals surface area contributed by atoms with Gasteiger partial charge in [0.1, 0.15) is 0 Å². The van der Waals surface area contributed by atoms with Crippen molar-refractivity contribution in [1.29, 1.82) is 0 Å². The van der Waals surface area contributed by atoms with Crippen LogP contribution < -0.4 is 10.6 Å². The van der Waals surface area contributed by atoms with E-state index < -0.39 is 0 Å². The van der Waals surface area contributed by atoms with Crippen LogP contribution in [0.3, 0.4) is 0 Å². The fourth-order valence-electron chi connectivity index (χ4n) is 3.68. The minimum absolute atomic E-state index is 0.00496. The highest BCUT2D eigenvalue weighted by Crippen LogP contribution is 2.29. The lowest BCUT2D eigenvalue weighted by Crippen LogP contribution is -2.42. The SMILES string of the molecule is CC(=O)c1ccc(Sc2ccc(C(=O)NC3CC4CCC3N4)cc2)[nH]1. The van der Waals surface area contributed by atoms with Gasteiger partial charge in [-0.25, -0.2) is 0 Å². The molecule has 5 nitrogen and oxygen atoms in total. The molecule has 2 aromatic rings. The minimum Gasteiger partial charge on any atom is -0.348 e. The molecule has 2 saturated heterocycles. The molecule has 1 aromatic carbocycles. The average molecular weight is 355 g/mol. The smallest absolute Gasteiger partial charge is 0.251 e. The number of ketones is 1. The van der Waals surface area contributed by atoms with Gasteiger partial charge in [0.15, 0.2) is 5.78 Å². The maximum absolute atomic E-state index is 12.4. The number of carbonyl (C=O) groups excluding carboxylic acids is 2. The van der Waals surface area contributed by atoms with Crippen molar-refractivity contribution < 1.29 is 9.59 Å². The normalized spacial score (nSPS) is 24.4. The lowest BCUT2D eigenvalue weighted by molar-refractivity contribution is 0.0930. The largest absolute Gasteiger partial charge is 0.348 e. The number of hydrogen-bond acceptors (Lipinski definition) is 4. The number of amides is 1. The Hall–Kier alpha value is -2.05. The first-order valence-corrected chi connectivity index (χ1v) is 9.45. The molecule has 2 fully saturated rings. The van der Waals surface area contributed by atoms with E-state index in [9.17, 15) is 9.59 Å². The predicted octanol–water partition coefficient (Wildman–Crippen LogP) is 2.99. The number of aromatic nitrogens is 1. The fourth-order valence-corrected chi connectivity index (χ4v) is 4.50. The van der Waals surface area contributed by atoms with E-state index in [1.165, 1.54) is 18.2 Å². The summed E-state index contributed by atoms with van der Waals surface area (Å²) in [5, 5.41) is 7.61. The van der Waals surface area contributed by atoms with E-state index in [0.717, 1.165) is 22.8 Å². The Morgan fingerprint density at radius 1 is 1.12 bits per heavy atom. The van der Waals surface area contributed by atoms with Gasteiger partial charge in [0, 0.05) is 35.5 Å². The minimum atomic E-state index is -0.00496. The molecule has 130 valence electrons. The van der Waals surface area contributed by atoms with Gasteiger partial charge in [-0.15, -0.1) is 0 Å². The third-order valence-corrected chi connectivity index (χ3v) is 5.97. The molecule has 2 bridgehead atoms. The lowest BCUT2D eigenvalue weighted by atomic mass is 9.95. The summed E-state index contributed by atoms with van der Waals surface area (Å²) in [5.41, 5.74) is 1.29. The molecule has 0 saturated carbocycles. The van der Waals surface area contributed by atoms with E-state index >= 15 is 0 Å². The van der Waals surface area contributed by atoms with Gasteiger partial charge in [0.25, 0.3) is 5.91 Å². The summed E-state index contributed by atoms with van der Waals surface area (Å²) in [5.74, 6) is 0.0172. The summed E-state index contributed by atoms with van der Waals surface area (Å²) in [7, 11) is 0. The number of aromatic amines is 1. The Balaban J connectivity index is 1.37. The summed E-state index contributed by atoms with van der Waals surface area (Å²) in [4.78, 5) is 27.9. The van der Waals surface area contributed by atoms with Gasteiger partial charge in [0.05, 0.1) is 10.7 Å². The van der Waals surface area contributed by atoms with Crippen molar-refractivity contribution in [2.75, 3.05) is 0 Å². The van der Waals surface area contributed by atoms with E-state index in [2.05, 4.69) is 15.6 Å². The van der Waals surface area contributed by atoms with E-state index in [0.29, 0.717) is 23.3 Å². The van der Waals surface area contributed by atoms with Gasteiger partial charge in [-0.2, -0.15) is 0 Å². The Morgan fingerprint density at radius 3 is 2.52 bits per heavy atom. The standard InChI is InChI=1S/C19H21N3O2S/c1-11(23)15-8-9-18(21-15)25-14-5-2-12(3-6-14)19(24)22-17-10-13-4-7-16(17)20-13/h2-3,5-6,8-9,13,16-17,20-21H,4,7,10H2,1H3,(H,22,24). The van der Waals surface area contributed by atoms with Gasteiger partial charge in [0.2, 0.25) is 0 Å². The third-order valence-electron chi connectivity index (χ3n) is 5.00. The fraction of sp³-hybridized carbons (Fsp3) is 0.368. The number of H-pyrrole nitrogens is 1. The second-order valence-electron chi connectivity index (χ2n) is 6.78. The van der Waals surface area contributed by atoms with Gasteiger partial charge in [-0.1, -0.05) is 11.8 Å². The summed E-state index contributed by atoms with van der Waals surface area (Å²) in [6.07, 6.45) is 3.42. The molecule has 3 N–H and O–H groups in total. The Kier molecular flexibility index (Phi) is 4.39. The van der Waals surface area contributed by atoms with Crippen molar-refractivity contribution in [3.8, 4) is 0 Å². The highest BCUT2D eigenvalue weighted by atomic mass is 32.2. The molecule has 6 heteroatoms. The topological polar surface area (TPSA) is 74.0 Å². The van der Waals surface area contributed by atoms with Crippen LogP contribution in [0.1, 0.15) is 47.0 Å². The van der Waals surface area contributed by atoms with Gasteiger partial charge >= 0.3 is 0 Å². The highest BCUT2D eigenvalue weighted by molar-refractivity contribution is 7.99. The van der Waals surface area contributed by atoms with E-state index in [1.807, 2.05) is 30.3 Å². The number of nitrogens with one attached hydrogen (secondary N) is 3. The third kappa shape index (κ3) is 3.50. The van der Waals surface area contributed by atoms with Gasteiger partial charge in [-0.3, -0.25) is 9.59 Å². The summed E-state index contributed by atoms with van der Waals surface area (Å²) < 4.78 is 0. The predicted molar refractivity (Wildman–Crippen MR) is 97.2 cm³/mol. The first-order chi connectivity index (χ1) is 12.1. The highest BCUT2D eigenvalue weighted by Gasteiger charge is 2.39. The summed E-state index contributed by atoms with van der Waals surface area (Å²) in [6, 6.07) is 12.5. The maximum Gasteiger partial charge on any atom is 0.251 e. The summed E-state index contributed by atoms with van der Waals surface area (Å²) in [6.45, 7) is 1.54. The number of Topliss-reactive ketones (excluding diaryl/α,β-unsaturated/α-hetero) is 1. The van der Waals surface area contributed by atoms with E-state index in [1.54, 1.807) is 13.0 Å². The van der Waals surface area contributed by atoms with Crippen molar-refractivity contribution in [3.63, 3.8) is 0 Å². The second-order valence-corrected chi connectivity index (χ2v) is 7.90. The van der Waals surface area contributed by atoms with Crippen LogP contribution in [0, 0.1) is 0 Å². The van der Waals surface area contributed by atoms with Crippen molar-refractivity contribution in [2.24, 2.45) is 0 Å². The molecule has 25 heavy (non-hydrogen) atoms. The van der Waals surface area contributed by atoms with Crippen LogP contribution >= 0.6 is 11.8 Å². The molecule has 3 unspecified atom stereocenters. The molecule has 3 heterocycles. The Bertz CT molecular complexity index is 799. The molecular formula is C19H21N3O2S. The van der Waals surface area contributed by atoms with Crippen LogP contribution in [0.2, 0.25) is 0 Å². The number of rotatable bonds is 5. The van der Waals surface area contributed by atoms with Gasteiger partial charge in [-0.05, 0) is 55.7 Å². The first-order valence-electron chi connectivity index (χ1n) is 8.63. The van der Waals surface area contributed by atoms with Crippen molar-refractivity contribution >= 4 is 23.5 Å². The lowest BCUT2D eigenvalue weighted by Gasteiger charge is -2.21. The number of benzene rings is 1. The molecule has 2 aliphatic rings. The molecular weight excluding hydrogens is 334 g/mol. The van der Waals surface area contributed by atoms with Crippen molar-refractivity contribution in [3.05, 3.63) is 47.7 Å². The van der Waals surface area contributed by atoms with Crippen LogP contribution in [-0.2, 0) is 0 Å². The molecule has 0 radical (unpaired) electrons. The Labute approximate surface area is 151 Å². The second kappa shape index (κ2) is 6.69.